The standard InChI is InChI=1S/C19H17F3INOS/c20-14-9-12(10-15(21)18(14)22)24-19(25)11-6-7-16(23)17(8-11)26-13-4-2-1-3-5-13/h6-10,13H,1-5H2,(H,24,25). The Morgan fingerprint density at radius 3 is 2.35 bits per heavy atom. The normalized spacial score (nSPS) is 15.1. The Labute approximate surface area is 168 Å². The highest BCUT2D eigenvalue weighted by Crippen LogP contribution is 2.36. The van der Waals surface area contributed by atoms with Gasteiger partial charge < -0.3 is 5.32 Å². The smallest absolute Gasteiger partial charge is 0.255 e. The summed E-state index contributed by atoms with van der Waals surface area (Å²) in [5.41, 5.74) is 0.278. The Hall–Kier alpha value is -1.22. The topological polar surface area (TPSA) is 29.1 Å². The molecule has 1 aliphatic carbocycles. The second-order valence-corrected chi connectivity index (χ2v) is 8.74. The molecule has 1 N–H and O–H groups in total. The van der Waals surface area contributed by atoms with E-state index in [1.54, 1.807) is 23.9 Å². The van der Waals surface area contributed by atoms with E-state index in [-0.39, 0.29) is 5.69 Å². The van der Waals surface area contributed by atoms with Gasteiger partial charge in [-0.05, 0) is 53.6 Å². The van der Waals surface area contributed by atoms with Crippen LogP contribution in [0.1, 0.15) is 42.5 Å². The van der Waals surface area contributed by atoms with Crippen molar-refractivity contribution < 1.29 is 18.0 Å². The van der Waals surface area contributed by atoms with Crippen molar-refractivity contribution in [3.05, 3.63) is 56.9 Å². The molecule has 2 aromatic rings. The van der Waals surface area contributed by atoms with E-state index in [1.807, 2.05) is 6.07 Å². The van der Waals surface area contributed by atoms with Crippen molar-refractivity contribution in [1.29, 1.82) is 0 Å². The van der Waals surface area contributed by atoms with Crippen molar-refractivity contribution >= 4 is 45.9 Å². The van der Waals surface area contributed by atoms with Gasteiger partial charge >= 0.3 is 0 Å². The zero-order valence-corrected chi connectivity index (χ0v) is 16.8. The fourth-order valence-corrected chi connectivity index (χ4v) is 4.95. The van der Waals surface area contributed by atoms with E-state index in [9.17, 15) is 18.0 Å². The number of nitrogens with one attached hydrogen (secondary N) is 1. The molecule has 0 atom stereocenters. The van der Waals surface area contributed by atoms with Gasteiger partial charge in [0.2, 0.25) is 0 Å². The van der Waals surface area contributed by atoms with Crippen molar-refractivity contribution in [3.8, 4) is 0 Å². The second-order valence-electron chi connectivity index (χ2n) is 6.23. The van der Waals surface area contributed by atoms with Crippen molar-refractivity contribution in [3.63, 3.8) is 0 Å². The van der Waals surface area contributed by atoms with Crippen LogP contribution in [0.4, 0.5) is 18.9 Å². The highest BCUT2D eigenvalue weighted by atomic mass is 127. The summed E-state index contributed by atoms with van der Waals surface area (Å²) in [6, 6.07) is 6.85. The summed E-state index contributed by atoms with van der Waals surface area (Å²) in [5, 5.41) is 2.97. The summed E-state index contributed by atoms with van der Waals surface area (Å²) in [6.45, 7) is 0. The maximum atomic E-state index is 13.3. The number of carbonyl (C=O) groups is 1. The number of hydrogen-bond donors (Lipinski definition) is 1. The van der Waals surface area contributed by atoms with Crippen LogP contribution >= 0.6 is 34.4 Å². The molecule has 1 saturated carbocycles. The summed E-state index contributed by atoms with van der Waals surface area (Å²) < 4.78 is 40.7. The van der Waals surface area contributed by atoms with Gasteiger partial charge in [0, 0.05) is 37.1 Å². The molecule has 0 aliphatic heterocycles. The van der Waals surface area contributed by atoms with Crippen molar-refractivity contribution in [2.45, 2.75) is 42.2 Å². The number of carbonyl (C=O) groups excluding carboxylic acids is 1. The Kier molecular flexibility index (Phi) is 6.50. The molecule has 0 radical (unpaired) electrons. The fourth-order valence-electron chi connectivity index (χ4n) is 2.93. The number of benzene rings is 2. The highest BCUT2D eigenvalue weighted by Gasteiger charge is 2.18. The average molecular weight is 491 g/mol. The number of thioether (sulfide) groups is 1. The first-order valence-corrected chi connectivity index (χ1v) is 10.3. The van der Waals surface area contributed by atoms with Crippen LogP contribution in [-0.4, -0.2) is 11.2 Å². The SMILES string of the molecule is O=C(Nc1cc(F)c(F)c(F)c1)c1ccc(I)c(SC2CCCCC2)c1. The third kappa shape index (κ3) is 4.73. The minimum absolute atomic E-state index is 0.119. The number of hydrogen-bond acceptors (Lipinski definition) is 2. The molecule has 2 nitrogen and oxygen atoms in total. The van der Waals surface area contributed by atoms with E-state index in [0.29, 0.717) is 10.8 Å². The number of rotatable bonds is 4. The van der Waals surface area contributed by atoms with Crippen LogP contribution in [0.5, 0.6) is 0 Å². The third-order valence-electron chi connectivity index (χ3n) is 4.28. The first-order chi connectivity index (χ1) is 12.4. The van der Waals surface area contributed by atoms with Crippen LogP contribution < -0.4 is 5.32 Å². The fraction of sp³-hybridized carbons (Fsp3) is 0.316. The van der Waals surface area contributed by atoms with E-state index < -0.39 is 23.4 Å². The molecule has 1 amide bonds. The van der Waals surface area contributed by atoms with E-state index in [1.165, 1.54) is 32.1 Å². The van der Waals surface area contributed by atoms with E-state index in [4.69, 9.17) is 0 Å². The van der Waals surface area contributed by atoms with Crippen LogP contribution in [0, 0.1) is 21.0 Å². The monoisotopic (exact) mass is 491 g/mol. The lowest BCUT2D eigenvalue weighted by Gasteiger charge is -2.21. The van der Waals surface area contributed by atoms with Gasteiger partial charge in [0.05, 0.1) is 0 Å². The zero-order valence-electron chi connectivity index (χ0n) is 13.8. The van der Waals surface area contributed by atoms with Crippen LogP contribution in [0.25, 0.3) is 0 Å². The van der Waals surface area contributed by atoms with Crippen LogP contribution in [-0.2, 0) is 0 Å². The van der Waals surface area contributed by atoms with Crippen molar-refractivity contribution in [2.75, 3.05) is 5.32 Å². The quantitative estimate of drug-likeness (QED) is 0.397. The molecule has 26 heavy (non-hydrogen) atoms. The molecule has 0 spiro atoms. The van der Waals surface area contributed by atoms with Crippen LogP contribution in [0.3, 0.4) is 0 Å². The lowest BCUT2D eigenvalue weighted by atomic mass is 10.0. The van der Waals surface area contributed by atoms with Crippen molar-refractivity contribution in [1.82, 2.24) is 0 Å². The van der Waals surface area contributed by atoms with Gasteiger partial charge in [-0.15, -0.1) is 11.8 Å². The summed E-state index contributed by atoms with van der Waals surface area (Å²) in [6.07, 6.45) is 6.09. The second kappa shape index (κ2) is 8.65. The molecule has 7 heteroatoms. The molecular formula is C19H17F3INOS. The van der Waals surface area contributed by atoms with Gasteiger partial charge in [0.25, 0.3) is 5.91 Å². The van der Waals surface area contributed by atoms with Gasteiger partial charge in [-0.25, -0.2) is 13.2 Å². The molecule has 1 aliphatic rings. The Morgan fingerprint density at radius 1 is 1.04 bits per heavy atom. The molecule has 1 fully saturated rings. The summed E-state index contributed by atoms with van der Waals surface area (Å²) >= 11 is 4.02. The van der Waals surface area contributed by atoms with E-state index in [2.05, 4.69) is 27.9 Å². The maximum Gasteiger partial charge on any atom is 0.255 e. The van der Waals surface area contributed by atoms with Crippen LogP contribution in [0.2, 0.25) is 0 Å². The summed E-state index contributed by atoms with van der Waals surface area (Å²) in [5.74, 6) is -4.71. The summed E-state index contributed by atoms with van der Waals surface area (Å²) in [7, 11) is 0. The molecule has 3 rings (SSSR count). The Morgan fingerprint density at radius 2 is 1.69 bits per heavy atom. The summed E-state index contributed by atoms with van der Waals surface area (Å²) in [4.78, 5) is 13.4. The molecule has 0 unspecified atom stereocenters. The minimum Gasteiger partial charge on any atom is -0.322 e. The largest absolute Gasteiger partial charge is 0.322 e. The lowest BCUT2D eigenvalue weighted by Crippen LogP contribution is -2.13. The average Bonchev–Trinajstić information content (AvgIpc) is 2.62. The molecule has 0 bridgehead atoms. The molecule has 0 aromatic heterocycles. The lowest BCUT2D eigenvalue weighted by molar-refractivity contribution is 0.102. The highest BCUT2D eigenvalue weighted by molar-refractivity contribution is 14.1. The minimum atomic E-state index is -1.55. The van der Waals surface area contributed by atoms with Gasteiger partial charge in [0.1, 0.15) is 0 Å². The zero-order chi connectivity index (χ0) is 18.7. The van der Waals surface area contributed by atoms with Gasteiger partial charge in [-0.2, -0.15) is 0 Å². The number of anilines is 1. The van der Waals surface area contributed by atoms with E-state index >= 15 is 0 Å². The predicted octanol–water partition coefficient (Wildman–Crippen LogP) is 6.39. The number of amides is 1. The maximum absolute atomic E-state index is 13.3. The third-order valence-corrected chi connectivity index (χ3v) is 6.98. The first-order valence-electron chi connectivity index (χ1n) is 8.36. The molecular weight excluding hydrogens is 474 g/mol. The molecule has 2 aromatic carbocycles. The number of halogens is 4. The first kappa shape index (κ1) is 19.5. The molecule has 0 heterocycles. The Balaban J connectivity index is 1.76. The molecule has 138 valence electrons. The Bertz CT molecular complexity index is 801. The molecule has 0 saturated heterocycles. The van der Waals surface area contributed by atoms with Gasteiger partial charge in [-0.1, -0.05) is 19.3 Å². The van der Waals surface area contributed by atoms with Gasteiger partial charge in [-0.3, -0.25) is 4.79 Å². The van der Waals surface area contributed by atoms with Crippen LogP contribution in [0.15, 0.2) is 35.2 Å². The van der Waals surface area contributed by atoms with Crippen molar-refractivity contribution in [2.24, 2.45) is 0 Å². The van der Waals surface area contributed by atoms with Gasteiger partial charge in [0.15, 0.2) is 17.5 Å². The predicted molar refractivity (Wildman–Crippen MR) is 106 cm³/mol. The van der Waals surface area contributed by atoms with E-state index in [0.717, 1.165) is 20.6 Å².